The summed E-state index contributed by atoms with van der Waals surface area (Å²) in [5, 5.41) is 9.17. The Morgan fingerprint density at radius 2 is 1.72 bits per heavy atom. The molecule has 0 radical (unpaired) electrons. The molecule has 0 saturated carbocycles. The van der Waals surface area contributed by atoms with Crippen molar-refractivity contribution in [3.63, 3.8) is 0 Å². The maximum atomic E-state index is 13.7. The van der Waals surface area contributed by atoms with Gasteiger partial charge < -0.3 is 10.0 Å². The van der Waals surface area contributed by atoms with Crippen molar-refractivity contribution in [1.29, 1.82) is 0 Å². The first-order valence-corrected chi connectivity index (χ1v) is 9.70. The Labute approximate surface area is 181 Å². The molecule has 0 unspecified atom stereocenters. The third kappa shape index (κ3) is 4.21. The van der Waals surface area contributed by atoms with Gasteiger partial charge >= 0.3 is 18.1 Å². The summed E-state index contributed by atoms with van der Waals surface area (Å²) >= 11 is 0. The van der Waals surface area contributed by atoms with Crippen LogP contribution in [0, 0.1) is 11.8 Å². The van der Waals surface area contributed by atoms with Crippen LogP contribution in [-0.2, 0) is 17.4 Å². The summed E-state index contributed by atoms with van der Waals surface area (Å²) in [6.45, 7) is 0.326. The van der Waals surface area contributed by atoms with E-state index in [1.54, 1.807) is 36.4 Å². The molecule has 0 saturated heterocycles. The van der Waals surface area contributed by atoms with Crippen LogP contribution in [0.2, 0.25) is 0 Å². The highest BCUT2D eigenvalue weighted by atomic mass is 19.4. The first-order valence-electron chi connectivity index (χ1n) is 9.70. The SMILES string of the molecule is O=C(O)c1ccc2c(c1)N(C(=O)C#Cc1ccc(-c3ccccc3)c(C(F)(F)F)c1)CC2. The largest absolute Gasteiger partial charge is 0.478 e. The van der Waals surface area contributed by atoms with E-state index in [0.29, 0.717) is 24.2 Å². The van der Waals surface area contributed by atoms with Crippen LogP contribution in [-0.4, -0.2) is 23.5 Å². The Hall–Kier alpha value is -4.05. The van der Waals surface area contributed by atoms with Gasteiger partial charge in [-0.05, 0) is 47.4 Å². The number of carbonyl (C=O) groups excluding carboxylic acids is 1. The van der Waals surface area contributed by atoms with Gasteiger partial charge in [0.15, 0.2) is 0 Å². The number of hydrogen-bond donors (Lipinski definition) is 1. The zero-order chi connectivity index (χ0) is 22.9. The Morgan fingerprint density at radius 1 is 0.969 bits per heavy atom. The Morgan fingerprint density at radius 3 is 2.41 bits per heavy atom. The van der Waals surface area contributed by atoms with Gasteiger partial charge in [0.1, 0.15) is 0 Å². The minimum atomic E-state index is -4.59. The van der Waals surface area contributed by atoms with Crippen molar-refractivity contribution in [1.82, 2.24) is 0 Å². The summed E-state index contributed by atoms with van der Waals surface area (Å²) in [6, 6.07) is 16.5. The van der Waals surface area contributed by atoms with Crippen molar-refractivity contribution in [2.75, 3.05) is 11.4 Å². The molecule has 32 heavy (non-hydrogen) atoms. The molecule has 0 bridgehead atoms. The Balaban J connectivity index is 1.64. The van der Waals surface area contributed by atoms with E-state index in [2.05, 4.69) is 11.8 Å². The predicted octanol–water partition coefficient (Wildman–Crippen LogP) is 5.01. The number of anilines is 1. The summed E-state index contributed by atoms with van der Waals surface area (Å²) in [7, 11) is 0. The van der Waals surface area contributed by atoms with E-state index in [9.17, 15) is 22.8 Å². The van der Waals surface area contributed by atoms with Gasteiger partial charge in [-0.1, -0.05) is 48.4 Å². The number of nitrogens with zero attached hydrogens (tertiary/aromatic N) is 1. The van der Waals surface area contributed by atoms with Gasteiger partial charge in [0.25, 0.3) is 0 Å². The van der Waals surface area contributed by atoms with Crippen LogP contribution in [0.4, 0.5) is 18.9 Å². The molecule has 0 aliphatic carbocycles. The fraction of sp³-hybridized carbons (Fsp3) is 0.120. The van der Waals surface area contributed by atoms with Crippen molar-refractivity contribution in [3.05, 3.63) is 89.0 Å². The molecule has 1 N–H and O–H groups in total. The molecule has 0 fully saturated rings. The van der Waals surface area contributed by atoms with E-state index >= 15 is 0 Å². The topological polar surface area (TPSA) is 57.6 Å². The minimum Gasteiger partial charge on any atom is -0.478 e. The first kappa shape index (κ1) is 21.2. The molecule has 1 amide bonds. The maximum Gasteiger partial charge on any atom is 0.417 e. The van der Waals surface area contributed by atoms with Crippen LogP contribution in [0.3, 0.4) is 0 Å². The number of halogens is 3. The number of carboxylic acid groups (broad SMARTS) is 1. The average Bonchev–Trinajstić information content (AvgIpc) is 3.20. The maximum absolute atomic E-state index is 13.7. The number of fused-ring (bicyclic) bond motifs is 1. The average molecular weight is 435 g/mol. The summed E-state index contributed by atoms with van der Waals surface area (Å²) < 4.78 is 41.0. The highest BCUT2D eigenvalue weighted by Gasteiger charge is 2.34. The first-order chi connectivity index (χ1) is 15.2. The molecule has 1 heterocycles. The van der Waals surface area contributed by atoms with Gasteiger partial charge in [-0.15, -0.1) is 0 Å². The van der Waals surface area contributed by atoms with Gasteiger partial charge in [-0.25, -0.2) is 4.79 Å². The van der Waals surface area contributed by atoms with Crippen LogP contribution in [0.1, 0.15) is 27.0 Å². The Kier molecular flexibility index (Phi) is 5.45. The van der Waals surface area contributed by atoms with Crippen molar-refractivity contribution >= 4 is 17.6 Å². The number of aromatic carboxylic acids is 1. The molecule has 0 atom stereocenters. The van der Waals surface area contributed by atoms with Crippen LogP contribution in [0.25, 0.3) is 11.1 Å². The molecule has 3 aromatic rings. The van der Waals surface area contributed by atoms with Crippen LogP contribution in [0.15, 0.2) is 66.7 Å². The molecule has 0 aromatic heterocycles. The molecule has 4 nitrogen and oxygen atoms in total. The van der Waals surface area contributed by atoms with E-state index < -0.39 is 23.6 Å². The molecule has 1 aliphatic heterocycles. The fourth-order valence-corrected chi connectivity index (χ4v) is 3.64. The molecule has 7 heteroatoms. The van der Waals surface area contributed by atoms with Crippen molar-refractivity contribution in [2.24, 2.45) is 0 Å². The summed E-state index contributed by atoms with van der Waals surface area (Å²) in [6.07, 6.45) is -4.04. The molecular weight excluding hydrogens is 419 g/mol. The highest BCUT2D eigenvalue weighted by Crippen LogP contribution is 2.37. The summed E-state index contributed by atoms with van der Waals surface area (Å²) in [5.74, 6) is 3.19. The van der Waals surface area contributed by atoms with E-state index in [1.165, 1.54) is 29.2 Å². The predicted molar refractivity (Wildman–Crippen MR) is 113 cm³/mol. The highest BCUT2D eigenvalue weighted by molar-refractivity contribution is 6.08. The van der Waals surface area contributed by atoms with Crippen molar-refractivity contribution in [2.45, 2.75) is 12.6 Å². The van der Waals surface area contributed by atoms with E-state index in [0.717, 1.165) is 11.6 Å². The lowest BCUT2D eigenvalue weighted by molar-refractivity contribution is -0.137. The summed E-state index contributed by atoms with van der Waals surface area (Å²) in [4.78, 5) is 25.2. The molecule has 0 spiro atoms. The normalized spacial score (nSPS) is 12.7. The fourth-order valence-electron chi connectivity index (χ4n) is 3.64. The third-order valence-corrected chi connectivity index (χ3v) is 5.20. The second kappa shape index (κ2) is 8.23. The quantitative estimate of drug-likeness (QED) is 0.576. The Bertz CT molecular complexity index is 1270. The van der Waals surface area contributed by atoms with Crippen molar-refractivity contribution in [3.8, 4) is 23.0 Å². The second-order valence-corrected chi connectivity index (χ2v) is 7.23. The van der Waals surface area contributed by atoms with Gasteiger partial charge in [0, 0.05) is 23.7 Å². The van der Waals surface area contributed by atoms with E-state index in [4.69, 9.17) is 5.11 Å². The molecule has 3 aromatic carbocycles. The third-order valence-electron chi connectivity index (χ3n) is 5.20. The number of carbonyl (C=O) groups is 2. The second-order valence-electron chi connectivity index (χ2n) is 7.23. The van der Waals surface area contributed by atoms with E-state index in [-0.39, 0.29) is 16.7 Å². The molecular formula is C25H16F3NO3. The van der Waals surface area contributed by atoms with Gasteiger partial charge in [-0.3, -0.25) is 4.79 Å². The van der Waals surface area contributed by atoms with Gasteiger partial charge in [0.2, 0.25) is 0 Å². The zero-order valence-electron chi connectivity index (χ0n) is 16.6. The number of alkyl halides is 3. The van der Waals surface area contributed by atoms with Crippen LogP contribution < -0.4 is 4.90 Å². The number of amides is 1. The summed E-state index contributed by atoms with van der Waals surface area (Å²) in [5.41, 5.74) is 1.01. The van der Waals surface area contributed by atoms with Crippen LogP contribution >= 0.6 is 0 Å². The lowest BCUT2D eigenvalue weighted by Crippen LogP contribution is -2.27. The van der Waals surface area contributed by atoms with E-state index in [1.807, 2.05) is 0 Å². The molecule has 4 rings (SSSR count). The lowest BCUT2D eigenvalue weighted by Gasteiger charge is -2.14. The monoisotopic (exact) mass is 435 g/mol. The van der Waals surface area contributed by atoms with Crippen LogP contribution in [0.5, 0.6) is 0 Å². The van der Waals surface area contributed by atoms with Gasteiger partial charge in [-0.2, -0.15) is 13.2 Å². The smallest absolute Gasteiger partial charge is 0.417 e. The lowest BCUT2D eigenvalue weighted by atomic mass is 9.97. The van der Waals surface area contributed by atoms with Crippen molar-refractivity contribution < 1.29 is 27.9 Å². The number of carboxylic acids is 1. The zero-order valence-corrected chi connectivity index (χ0v) is 16.6. The molecule has 1 aliphatic rings. The molecule has 160 valence electrons. The minimum absolute atomic E-state index is 0.0321. The standard InChI is InChI=1S/C25H16F3NO3/c26-25(27,28)21-14-16(6-10-20(21)17-4-2-1-3-5-17)7-11-23(30)29-13-12-18-8-9-19(24(31)32)15-22(18)29/h1-6,8-10,14-15H,12-13H2,(H,31,32). The number of hydrogen-bond acceptors (Lipinski definition) is 2. The van der Waals surface area contributed by atoms with Gasteiger partial charge in [0.05, 0.1) is 11.1 Å². The number of rotatable bonds is 2. The number of benzene rings is 3.